The van der Waals surface area contributed by atoms with Crippen molar-refractivity contribution in [2.24, 2.45) is 5.41 Å². The number of halogens is 1. The molecule has 1 aliphatic carbocycles. The molecule has 1 fully saturated rings. The van der Waals surface area contributed by atoms with Crippen LogP contribution >= 0.6 is 15.9 Å². The highest BCUT2D eigenvalue weighted by Gasteiger charge is 2.43. The molecule has 0 radical (unpaired) electrons. The summed E-state index contributed by atoms with van der Waals surface area (Å²) < 4.78 is 7.05. The molecule has 2 rings (SSSR count). The van der Waals surface area contributed by atoms with Gasteiger partial charge in [0.05, 0.1) is 12.7 Å². The number of hydrogen-bond acceptors (Lipinski definition) is 3. The molecule has 4 heteroatoms. The third-order valence-corrected chi connectivity index (χ3v) is 4.16. The van der Waals surface area contributed by atoms with Gasteiger partial charge in [-0.2, -0.15) is 5.26 Å². The van der Waals surface area contributed by atoms with E-state index in [0.717, 1.165) is 35.2 Å². The van der Waals surface area contributed by atoms with Gasteiger partial charge < -0.3 is 10.1 Å². The summed E-state index contributed by atoms with van der Waals surface area (Å²) in [6, 6.07) is 8.80. The lowest BCUT2D eigenvalue weighted by Crippen LogP contribution is -2.22. The number of benzene rings is 1. The molecule has 108 valence electrons. The molecule has 0 bridgehead atoms. The highest BCUT2D eigenvalue weighted by atomic mass is 79.9. The first-order valence-corrected chi connectivity index (χ1v) is 7.85. The van der Waals surface area contributed by atoms with Crippen LogP contribution in [0.5, 0.6) is 5.75 Å². The molecule has 3 nitrogen and oxygen atoms in total. The third kappa shape index (κ3) is 4.22. The molecule has 1 aliphatic rings. The van der Waals surface area contributed by atoms with E-state index < -0.39 is 0 Å². The fourth-order valence-electron chi connectivity index (χ4n) is 2.09. The van der Waals surface area contributed by atoms with E-state index in [1.807, 2.05) is 12.1 Å². The zero-order chi connectivity index (χ0) is 14.6. The van der Waals surface area contributed by atoms with Crippen LogP contribution in [0.25, 0.3) is 0 Å². The zero-order valence-corrected chi connectivity index (χ0v) is 13.7. The normalized spacial score (nSPS) is 15.9. The van der Waals surface area contributed by atoms with Gasteiger partial charge in [-0.3, -0.25) is 0 Å². The van der Waals surface area contributed by atoms with Crippen molar-refractivity contribution in [3.05, 3.63) is 28.2 Å². The largest absolute Gasteiger partial charge is 0.493 e. The van der Waals surface area contributed by atoms with Crippen molar-refractivity contribution < 1.29 is 4.74 Å². The molecule has 1 aromatic rings. The Morgan fingerprint density at radius 2 is 2.20 bits per heavy atom. The average Bonchev–Trinajstić information content (AvgIpc) is 3.16. The lowest BCUT2D eigenvalue weighted by molar-refractivity contribution is 0.234. The molecule has 0 spiro atoms. The molecule has 0 unspecified atom stereocenters. The van der Waals surface area contributed by atoms with Gasteiger partial charge in [-0.25, -0.2) is 0 Å². The summed E-state index contributed by atoms with van der Waals surface area (Å²) in [5, 5.41) is 12.3. The van der Waals surface area contributed by atoms with Crippen molar-refractivity contribution in [1.82, 2.24) is 5.32 Å². The number of nitriles is 1. The standard InChI is InChI=1S/C16H21BrN2O/c1-12(2)19-10-13-9-14(17)3-4-15(13)20-11-16(5-6-16)7-8-18/h3-4,9,12,19H,5-7,10-11H2,1-2H3. The van der Waals surface area contributed by atoms with Crippen molar-refractivity contribution in [3.63, 3.8) is 0 Å². The minimum atomic E-state index is 0.116. The number of ether oxygens (including phenoxy) is 1. The first kappa shape index (κ1) is 15.3. The topological polar surface area (TPSA) is 45.0 Å². The van der Waals surface area contributed by atoms with Crippen LogP contribution in [-0.2, 0) is 6.54 Å². The maximum absolute atomic E-state index is 8.85. The number of nitrogens with zero attached hydrogens (tertiary/aromatic N) is 1. The van der Waals surface area contributed by atoms with Crippen LogP contribution in [0.2, 0.25) is 0 Å². The molecule has 0 aliphatic heterocycles. The lowest BCUT2D eigenvalue weighted by Gasteiger charge is -2.17. The second kappa shape index (κ2) is 6.60. The summed E-state index contributed by atoms with van der Waals surface area (Å²) in [6.07, 6.45) is 2.82. The van der Waals surface area contributed by atoms with Crippen LogP contribution in [0.1, 0.15) is 38.7 Å². The summed E-state index contributed by atoms with van der Waals surface area (Å²) in [4.78, 5) is 0. The van der Waals surface area contributed by atoms with E-state index in [9.17, 15) is 0 Å². The Balaban J connectivity index is 2.01. The molecular formula is C16H21BrN2O. The van der Waals surface area contributed by atoms with Gasteiger partial charge in [-0.1, -0.05) is 29.8 Å². The van der Waals surface area contributed by atoms with Crippen molar-refractivity contribution in [2.45, 2.75) is 45.7 Å². The molecule has 1 N–H and O–H groups in total. The Morgan fingerprint density at radius 3 is 2.80 bits per heavy atom. The molecule has 0 saturated heterocycles. The van der Waals surface area contributed by atoms with Crippen molar-refractivity contribution >= 4 is 15.9 Å². The van der Waals surface area contributed by atoms with Crippen LogP contribution in [0.15, 0.2) is 22.7 Å². The van der Waals surface area contributed by atoms with E-state index in [0.29, 0.717) is 19.1 Å². The smallest absolute Gasteiger partial charge is 0.123 e. The van der Waals surface area contributed by atoms with Crippen molar-refractivity contribution in [3.8, 4) is 11.8 Å². The van der Waals surface area contributed by atoms with E-state index in [4.69, 9.17) is 10.00 Å². The second-order valence-electron chi connectivity index (χ2n) is 5.91. The van der Waals surface area contributed by atoms with E-state index in [1.54, 1.807) is 0 Å². The van der Waals surface area contributed by atoms with Gasteiger partial charge in [0.15, 0.2) is 0 Å². The monoisotopic (exact) mass is 336 g/mol. The molecule has 0 heterocycles. The molecule has 0 amide bonds. The first-order chi connectivity index (χ1) is 9.54. The Bertz CT molecular complexity index is 504. The maximum Gasteiger partial charge on any atom is 0.123 e. The van der Waals surface area contributed by atoms with Crippen molar-refractivity contribution in [1.29, 1.82) is 5.26 Å². The summed E-state index contributed by atoms with van der Waals surface area (Å²) >= 11 is 3.50. The Hall–Kier alpha value is -1.05. The minimum absolute atomic E-state index is 0.116. The molecule has 0 atom stereocenters. The summed E-state index contributed by atoms with van der Waals surface area (Å²) in [5.41, 5.74) is 1.27. The van der Waals surface area contributed by atoms with E-state index in [-0.39, 0.29) is 5.41 Å². The zero-order valence-electron chi connectivity index (χ0n) is 12.1. The summed E-state index contributed by atoms with van der Waals surface area (Å²) in [7, 11) is 0. The highest BCUT2D eigenvalue weighted by Crippen LogP contribution is 2.48. The highest BCUT2D eigenvalue weighted by molar-refractivity contribution is 9.10. The summed E-state index contributed by atoms with van der Waals surface area (Å²) in [6.45, 7) is 5.70. The van der Waals surface area contributed by atoms with Gasteiger partial charge >= 0.3 is 0 Å². The SMILES string of the molecule is CC(C)NCc1cc(Br)ccc1OCC1(CC#N)CC1. The minimum Gasteiger partial charge on any atom is -0.493 e. The lowest BCUT2D eigenvalue weighted by atomic mass is 10.1. The fraction of sp³-hybridized carbons (Fsp3) is 0.562. The van der Waals surface area contributed by atoms with Gasteiger partial charge in [0.25, 0.3) is 0 Å². The van der Waals surface area contributed by atoms with Gasteiger partial charge in [0.2, 0.25) is 0 Å². The van der Waals surface area contributed by atoms with Gasteiger partial charge in [0.1, 0.15) is 5.75 Å². The van der Waals surface area contributed by atoms with Gasteiger partial charge in [0, 0.05) is 34.5 Å². The number of rotatable bonds is 7. The van der Waals surface area contributed by atoms with Gasteiger partial charge in [-0.15, -0.1) is 0 Å². The molecular weight excluding hydrogens is 316 g/mol. The third-order valence-electron chi connectivity index (χ3n) is 3.67. The van der Waals surface area contributed by atoms with Crippen LogP contribution < -0.4 is 10.1 Å². The van der Waals surface area contributed by atoms with Gasteiger partial charge in [-0.05, 0) is 31.0 Å². The first-order valence-electron chi connectivity index (χ1n) is 7.06. The Morgan fingerprint density at radius 1 is 1.45 bits per heavy atom. The van der Waals surface area contributed by atoms with Crippen LogP contribution in [-0.4, -0.2) is 12.6 Å². The second-order valence-corrected chi connectivity index (χ2v) is 6.83. The van der Waals surface area contributed by atoms with E-state index in [2.05, 4.69) is 47.2 Å². The average molecular weight is 337 g/mol. The van der Waals surface area contributed by atoms with Crippen molar-refractivity contribution in [2.75, 3.05) is 6.61 Å². The van der Waals surface area contributed by atoms with Crippen LogP contribution in [0, 0.1) is 16.7 Å². The summed E-state index contributed by atoms with van der Waals surface area (Å²) in [5.74, 6) is 0.922. The fourth-order valence-corrected chi connectivity index (χ4v) is 2.50. The predicted octanol–water partition coefficient (Wildman–Crippen LogP) is 4.02. The Labute approximate surface area is 129 Å². The molecule has 20 heavy (non-hydrogen) atoms. The van der Waals surface area contributed by atoms with E-state index in [1.165, 1.54) is 0 Å². The Kier molecular flexibility index (Phi) is 5.06. The molecule has 1 saturated carbocycles. The number of hydrogen-bond donors (Lipinski definition) is 1. The predicted molar refractivity (Wildman–Crippen MR) is 83.5 cm³/mol. The van der Waals surface area contributed by atoms with Crippen LogP contribution in [0.3, 0.4) is 0 Å². The molecule has 0 aromatic heterocycles. The number of nitrogens with one attached hydrogen (secondary N) is 1. The van der Waals surface area contributed by atoms with E-state index >= 15 is 0 Å². The van der Waals surface area contributed by atoms with Crippen LogP contribution in [0.4, 0.5) is 0 Å². The molecule has 1 aromatic carbocycles. The maximum atomic E-state index is 8.85. The quantitative estimate of drug-likeness (QED) is 0.817.